The molecule has 1 heterocycles. The molecule has 1 aliphatic heterocycles. The third kappa shape index (κ3) is 6.37. The number of methoxy groups -OCH3 is 1. The van der Waals surface area contributed by atoms with Crippen molar-refractivity contribution in [2.24, 2.45) is 0 Å². The van der Waals surface area contributed by atoms with Crippen LogP contribution in [0.1, 0.15) is 32.4 Å². The summed E-state index contributed by atoms with van der Waals surface area (Å²) in [6.45, 7) is 7.60. The maximum atomic E-state index is 13.3. The van der Waals surface area contributed by atoms with Crippen molar-refractivity contribution in [3.8, 4) is 5.75 Å². The fraction of sp³-hybridized carbons (Fsp3) is 0.417. The smallest absolute Gasteiger partial charge is 0.410 e. The van der Waals surface area contributed by atoms with Gasteiger partial charge in [-0.05, 0) is 62.7 Å². The quantitative estimate of drug-likeness (QED) is 0.708. The van der Waals surface area contributed by atoms with Crippen molar-refractivity contribution in [2.75, 3.05) is 38.6 Å². The first-order chi connectivity index (χ1) is 15.2. The summed E-state index contributed by atoms with van der Waals surface area (Å²) in [6.07, 6.45) is -0.330. The van der Waals surface area contributed by atoms with Gasteiger partial charge in [-0.15, -0.1) is 0 Å². The fourth-order valence-electron chi connectivity index (χ4n) is 3.55. The average molecular weight is 460 g/mol. The Balaban J connectivity index is 1.76. The molecular formula is C24H30ClN3O4. The highest BCUT2D eigenvalue weighted by Gasteiger charge is 2.33. The standard InChI is InChI=1S/C24H30ClN3O4/c1-24(2,3)32-23(30)28-15-13-27(14-16-28)21(17-5-11-20(31-4)12-6-17)22(29)26-19-9-7-18(25)8-10-19/h5-12,21H,13-16H2,1-4H3,(H,26,29). The molecule has 1 fully saturated rings. The predicted octanol–water partition coefficient (Wildman–Crippen LogP) is 4.58. The Hall–Kier alpha value is -2.77. The van der Waals surface area contributed by atoms with Gasteiger partial charge in [0.25, 0.3) is 0 Å². The molecule has 1 aliphatic rings. The zero-order valence-corrected chi connectivity index (χ0v) is 19.7. The van der Waals surface area contributed by atoms with Gasteiger partial charge >= 0.3 is 6.09 Å². The average Bonchev–Trinajstić information content (AvgIpc) is 2.75. The fourth-order valence-corrected chi connectivity index (χ4v) is 3.67. The molecule has 1 saturated heterocycles. The van der Waals surface area contributed by atoms with Gasteiger partial charge in [-0.1, -0.05) is 23.7 Å². The Morgan fingerprint density at radius 1 is 0.969 bits per heavy atom. The number of hydrogen-bond acceptors (Lipinski definition) is 5. The van der Waals surface area contributed by atoms with Gasteiger partial charge in [0, 0.05) is 36.9 Å². The molecular weight excluding hydrogens is 430 g/mol. The molecule has 1 unspecified atom stereocenters. The number of amides is 2. The molecule has 7 nitrogen and oxygen atoms in total. The minimum atomic E-state index is -0.543. The van der Waals surface area contributed by atoms with E-state index in [1.54, 1.807) is 36.3 Å². The van der Waals surface area contributed by atoms with E-state index in [9.17, 15) is 9.59 Å². The molecule has 0 aromatic heterocycles. The summed E-state index contributed by atoms with van der Waals surface area (Å²) in [4.78, 5) is 29.5. The van der Waals surface area contributed by atoms with Gasteiger partial charge in [0.05, 0.1) is 7.11 Å². The number of benzene rings is 2. The second kappa shape index (κ2) is 10.2. The number of carbonyl (C=O) groups excluding carboxylic acids is 2. The molecule has 0 aliphatic carbocycles. The second-order valence-electron chi connectivity index (χ2n) is 8.68. The van der Waals surface area contributed by atoms with Gasteiger partial charge in [-0.3, -0.25) is 9.69 Å². The summed E-state index contributed by atoms with van der Waals surface area (Å²) in [5.74, 6) is 0.573. The lowest BCUT2D eigenvalue weighted by Crippen LogP contribution is -2.52. The van der Waals surface area contributed by atoms with Gasteiger partial charge in [0.15, 0.2) is 0 Å². The summed E-state index contributed by atoms with van der Waals surface area (Å²) >= 11 is 5.96. The van der Waals surface area contributed by atoms with Crippen LogP contribution < -0.4 is 10.1 Å². The zero-order valence-electron chi connectivity index (χ0n) is 18.9. The first kappa shape index (κ1) is 23.9. The maximum absolute atomic E-state index is 13.3. The van der Waals surface area contributed by atoms with Gasteiger partial charge in [-0.2, -0.15) is 0 Å². The molecule has 2 aromatic carbocycles. The van der Waals surface area contributed by atoms with Crippen molar-refractivity contribution in [3.05, 3.63) is 59.1 Å². The van der Waals surface area contributed by atoms with E-state index in [2.05, 4.69) is 10.2 Å². The Bertz CT molecular complexity index is 918. The van der Waals surface area contributed by atoms with Gasteiger partial charge in [0.2, 0.25) is 5.91 Å². The van der Waals surface area contributed by atoms with Crippen LogP contribution in [0.2, 0.25) is 5.02 Å². The SMILES string of the molecule is COc1ccc(C(C(=O)Nc2ccc(Cl)cc2)N2CCN(C(=O)OC(C)(C)C)CC2)cc1. The highest BCUT2D eigenvalue weighted by molar-refractivity contribution is 6.30. The third-order valence-electron chi connectivity index (χ3n) is 5.12. The number of rotatable bonds is 5. The minimum Gasteiger partial charge on any atom is -0.497 e. The van der Waals surface area contributed by atoms with E-state index in [4.69, 9.17) is 21.1 Å². The number of ether oxygens (including phenoxy) is 2. The third-order valence-corrected chi connectivity index (χ3v) is 5.37. The number of halogens is 1. The molecule has 172 valence electrons. The topological polar surface area (TPSA) is 71.1 Å². The molecule has 0 bridgehead atoms. The normalized spacial score (nSPS) is 15.7. The van der Waals surface area contributed by atoms with E-state index in [-0.39, 0.29) is 12.0 Å². The summed E-state index contributed by atoms with van der Waals surface area (Å²) in [5.41, 5.74) is 0.978. The van der Waals surface area contributed by atoms with Crippen LogP contribution in [-0.2, 0) is 9.53 Å². The van der Waals surface area contributed by atoms with E-state index in [0.717, 1.165) is 11.3 Å². The molecule has 3 rings (SSSR count). The molecule has 1 N–H and O–H groups in total. The molecule has 32 heavy (non-hydrogen) atoms. The molecule has 0 spiro atoms. The van der Waals surface area contributed by atoms with E-state index in [1.807, 2.05) is 45.0 Å². The van der Waals surface area contributed by atoms with E-state index in [1.165, 1.54) is 0 Å². The summed E-state index contributed by atoms with van der Waals surface area (Å²) in [7, 11) is 1.61. The molecule has 0 radical (unpaired) electrons. The largest absolute Gasteiger partial charge is 0.497 e. The first-order valence-corrected chi connectivity index (χ1v) is 11.0. The predicted molar refractivity (Wildman–Crippen MR) is 125 cm³/mol. The number of nitrogens with one attached hydrogen (secondary N) is 1. The minimum absolute atomic E-state index is 0.150. The molecule has 2 aromatic rings. The zero-order chi connectivity index (χ0) is 23.3. The lowest BCUT2D eigenvalue weighted by molar-refractivity contribution is -0.122. The highest BCUT2D eigenvalue weighted by Crippen LogP contribution is 2.27. The summed E-state index contributed by atoms with van der Waals surface area (Å²) < 4.78 is 10.7. The Kier molecular flexibility index (Phi) is 7.64. The van der Waals surface area contributed by atoms with Crippen molar-refractivity contribution in [1.29, 1.82) is 0 Å². The van der Waals surface area contributed by atoms with Crippen LogP contribution in [0.15, 0.2) is 48.5 Å². The molecule has 0 saturated carbocycles. The monoisotopic (exact) mass is 459 g/mol. The molecule has 8 heteroatoms. The van der Waals surface area contributed by atoms with Crippen molar-refractivity contribution in [3.63, 3.8) is 0 Å². The Morgan fingerprint density at radius 3 is 2.09 bits per heavy atom. The van der Waals surface area contributed by atoms with Crippen LogP contribution in [0.3, 0.4) is 0 Å². The van der Waals surface area contributed by atoms with Gasteiger partial charge < -0.3 is 19.7 Å². The summed E-state index contributed by atoms with van der Waals surface area (Å²) in [5, 5.41) is 3.59. The van der Waals surface area contributed by atoms with E-state index >= 15 is 0 Å². The second-order valence-corrected chi connectivity index (χ2v) is 9.11. The molecule has 2 amide bonds. The van der Waals surface area contributed by atoms with Crippen LogP contribution in [0.5, 0.6) is 5.75 Å². The van der Waals surface area contributed by atoms with Gasteiger partial charge in [0.1, 0.15) is 17.4 Å². The van der Waals surface area contributed by atoms with Gasteiger partial charge in [-0.25, -0.2) is 4.79 Å². The lowest BCUT2D eigenvalue weighted by Gasteiger charge is -2.39. The van der Waals surface area contributed by atoms with Crippen LogP contribution >= 0.6 is 11.6 Å². The molecule has 1 atom stereocenters. The van der Waals surface area contributed by atoms with Crippen molar-refractivity contribution < 1.29 is 19.1 Å². The lowest BCUT2D eigenvalue weighted by atomic mass is 10.0. The number of carbonyl (C=O) groups is 2. The maximum Gasteiger partial charge on any atom is 0.410 e. The Labute approximate surface area is 194 Å². The van der Waals surface area contributed by atoms with Crippen molar-refractivity contribution in [2.45, 2.75) is 32.4 Å². The number of nitrogens with zero attached hydrogens (tertiary/aromatic N) is 2. The number of piperazine rings is 1. The number of hydrogen-bond donors (Lipinski definition) is 1. The van der Waals surface area contributed by atoms with Crippen LogP contribution in [0.25, 0.3) is 0 Å². The first-order valence-electron chi connectivity index (χ1n) is 10.6. The van der Waals surface area contributed by atoms with Crippen LogP contribution in [0.4, 0.5) is 10.5 Å². The number of anilines is 1. The Morgan fingerprint density at radius 2 is 1.56 bits per heavy atom. The van der Waals surface area contributed by atoms with E-state index < -0.39 is 11.6 Å². The van der Waals surface area contributed by atoms with Crippen molar-refractivity contribution >= 4 is 29.3 Å². The summed E-state index contributed by atoms with van der Waals surface area (Å²) in [6, 6.07) is 14.0. The highest BCUT2D eigenvalue weighted by atomic mass is 35.5. The van der Waals surface area contributed by atoms with Crippen molar-refractivity contribution in [1.82, 2.24) is 9.80 Å². The van der Waals surface area contributed by atoms with Crippen LogP contribution in [-0.4, -0.2) is 60.7 Å². The van der Waals surface area contributed by atoms with Crippen LogP contribution in [0, 0.1) is 0 Å². The van der Waals surface area contributed by atoms with E-state index in [0.29, 0.717) is 36.9 Å².